The molecule has 0 aliphatic rings. The van der Waals surface area contributed by atoms with Crippen molar-refractivity contribution in [2.45, 2.75) is 13.5 Å². The minimum Gasteiger partial charge on any atom is -0.370 e. The van der Waals surface area contributed by atoms with Gasteiger partial charge in [-0.1, -0.05) is 47.5 Å². The maximum absolute atomic E-state index is 11.1. The summed E-state index contributed by atoms with van der Waals surface area (Å²) in [6.45, 7) is 2.80. The summed E-state index contributed by atoms with van der Waals surface area (Å²) in [4.78, 5) is 13.2. The number of nitrogens with zero attached hydrogens (tertiary/aromatic N) is 1. The Morgan fingerprint density at radius 2 is 1.84 bits per heavy atom. The van der Waals surface area contributed by atoms with E-state index in [9.17, 15) is 4.79 Å². The summed E-state index contributed by atoms with van der Waals surface area (Å²) in [5, 5.41) is 0.489. The van der Waals surface area contributed by atoms with E-state index >= 15 is 0 Å². The summed E-state index contributed by atoms with van der Waals surface area (Å²) in [5.41, 5.74) is 3.83. The van der Waals surface area contributed by atoms with Crippen LogP contribution in [0, 0.1) is 6.92 Å². The maximum atomic E-state index is 11.1. The second-order valence-corrected chi connectivity index (χ2v) is 5.04. The molecule has 2 aromatic carbocycles. The first-order valence-corrected chi connectivity index (χ1v) is 6.50. The van der Waals surface area contributed by atoms with Crippen LogP contribution in [0.5, 0.6) is 0 Å². The second-order valence-electron chi connectivity index (χ2n) is 4.63. The van der Waals surface area contributed by atoms with Gasteiger partial charge in [0, 0.05) is 19.3 Å². The van der Waals surface area contributed by atoms with Crippen molar-refractivity contribution < 1.29 is 4.79 Å². The number of carbonyl (C=O) groups excluding carboxylic acids is 1. The second kappa shape index (κ2) is 5.89. The third-order valence-electron chi connectivity index (χ3n) is 3.10. The highest BCUT2D eigenvalue weighted by Crippen LogP contribution is 2.26. The summed E-state index contributed by atoms with van der Waals surface area (Å²) >= 11 is 6.04. The first kappa shape index (κ1) is 13.6. The van der Waals surface area contributed by atoms with Crippen LogP contribution < -0.4 is 4.90 Å². The highest BCUT2D eigenvalue weighted by atomic mass is 35.5. The number of benzene rings is 2. The molecule has 0 N–H and O–H groups in total. The van der Waals surface area contributed by atoms with Gasteiger partial charge in [0.15, 0.2) is 6.29 Å². The summed E-state index contributed by atoms with van der Waals surface area (Å²) < 4.78 is 0. The summed E-state index contributed by atoms with van der Waals surface area (Å²) in [6.07, 6.45) is 0.809. The van der Waals surface area contributed by atoms with Gasteiger partial charge in [0.2, 0.25) is 0 Å². The molecule has 0 fully saturated rings. The van der Waals surface area contributed by atoms with Crippen LogP contribution in [-0.2, 0) is 6.54 Å². The minimum absolute atomic E-state index is 0.489. The smallest absolute Gasteiger partial charge is 0.153 e. The first-order chi connectivity index (χ1) is 9.11. The number of rotatable bonds is 4. The average Bonchev–Trinajstić information content (AvgIpc) is 2.41. The van der Waals surface area contributed by atoms with Crippen LogP contribution in [0.2, 0.25) is 5.02 Å². The topological polar surface area (TPSA) is 20.3 Å². The van der Waals surface area contributed by atoms with E-state index in [0.717, 1.165) is 18.5 Å². The lowest BCUT2D eigenvalue weighted by molar-refractivity contribution is 0.112. The summed E-state index contributed by atoms with van der Waals surface area (Å²) in [6, 6.07) is 13.9. The number of aryl methyl sites for hydroxylation is 1. The Morgan fingerprint density at radius 1 is 1.16 bits per heavy atom. The normalized spacial score (nSPS) is 10.3. The fraction of sp³-hybridized carbons (Fsp3) is 0.188. The molecule has 2 aromatic rings. The molecule has 0 radical (unpaired) electrons. The van der Waals surface area contributed by atoms with E-state index in [1.807, 2.05) is 24.1 Å². The van der Waals surface area contributed by atoms with Gasteiger partial charge in [-0.25, -0.2) is 0 Å². The van der Waals surface area contributed by atoms with Crippen LogP contribution in [0.3, 0.4) is 0 Å². The van der Waals surface area contributed by atoms with Gasteiger partial charge in [0.05, 0.1) is 10.6 Å². The Hall–Kier alpha value is -1.80. The van der Waals surface area contributed by atoms with Crippen molar-refractivity contribution in [3.8, 4) is 0 Å². The number of hydrogen-bond donors (Lipinski definition) is 0. The van der Waals surface area contributed by atoms with Crippen molar-refractivity contribution in [2.24, 2.45) is 0 Å². The number of halogens is 1. The quantitative estimate of drug-likeness (QED) is 0.782. The highest BCUT2D eigenvalue weighted by Gasteiger charge is 2.10. The zero-order valence-corrected chi connectivity index (χ0v) is 11.8. The molecule has 0 saturated heterocycles. The van der Waals surface area contributed by atoms with Crippen molar-refractivity contribution in [1.29, 1.82) is 0 Å². The fourth-order valence-electron chi connectivity index (χ4n) is 2.03. The van der Waals surface area contributed by atoms with Gasteiger partial charge >= 0.3 is 0 Å². The molecule has 2 nitrogen and oxygen atoms in total. The molecule has 0 aromatic heterocycles. The third-order valence-corrected chi connectivity index (χ3v) is 3.43. The molecule has 98 valence electrons. The van der Waals surface area contributed by atoms with Gasteiger partial charge in [-0.2, -0.15) is 0 Å². The molecule has 2 rings (SSSR count). The first-order valence-electron chi connectivity index (χ1n) is 6.12. The van der Waals surface area contributed by atoms with Crippen LogP contribution in [-0.4, -0.2) is 13.3 Å². The van der Waals surface area contributed by atoms with E-state index in [2.05, 4.69) is 31.2 Å². The van der Waals surface area contributed by atoms with Crippen LogP contribution in [0.4, 0.5) is 5.69 Å². The predicted molar refractivity (Wildman–Crippen MR) is 80.1 cm³/mol. The summed E-state index contributed by atoms with van der Waals surface area (Å²) in [7, 11) is 1.96. The molecule has 0 bridgehead atoms. The van der Waals surface area contributed by atoms with E-state index in [4.69, 9.17) is 11.6 Å². The van der Waals surface area contributed by atoms with E-state index in [-0.39, 0.29) is 0 Å². The lowest BCUT2D eigenvalue weighted by Gasteiger charge is -2.21. The standard InChI is InChI=1S/C16H16ClNO/c1-12-6-8-13(9-7-12)10-18(2)16-5-3-4-15(17)14(16)11-19/h3-9,11H,10H2,1-2H3. The van der Waals surface area contributed by atoms with Crippen molar-refractivity contribution in [1.82, 2.24) is 0 Å². The Bertz CT molecular complexity index is 578. The van der Waals surface area contributed by atoms with Gasteiger partial charge in [0.1, 0.15) is 0 Å². The van der Waals surface area contributed by atoms with Gasteiger partial charge in [-0.05, 0) is 24.6 Å². The van der Waals surface area contributed by atoms with E-state index < -0.39 is 0 Å². The van der Waals surface area contributed by atoms with E-state index in [1.165, 1.54) is 11.1 Å². The monoisotopic (exact) mass is 273 g/mol. The molecular weight excluding hydrogens is 258 g/mol. The lowest BCUT2D eigenvalue weighted by atomic mass is 10.1. The molecule has 0 aliphatic heterocycles. The lowest BCUT2D eigenvalue weighted by Crippen LogP contribution is -2.18. The van der Waals surface area contributed by atoms with E-state index in [0.29, 0.717) is 10.6 Å². The number of aldehydes is 1. The average molecular weight is 274 g/mol. The molecule has 0 aliphatic carbocycles. The molecule has 19 heavy (non-hydrogen) atoms. The van der Waals surface area contributed by atoms with Gasteiger partial charge < -0.3 is 4.90 Å². The molecule has 0 spiro atoms. The molecule has 0 unspecified atom stereocenters. The fourth-order valence-corrected chi connectivity index (χ4v) is 2.24. The Balaban J connectivity index is 2.25. The van der Waals surface area contributed by atoms with Gasteiger partial charge in [-0.3, -0.25) is 4.79 Å². The van der Waals surface area contributed by atoms with Crippen molar-refractivity contribution in [3.63, 3.8) is 0 Å². The third kappa shape index (κ3) is 3.15. The van der Waals surface area contributed by atoms with Crippen molar-refractivity contribution >= 4 is 23.6 Å². The molecule has 0 amide bonds. The molecule has 3 heteroatoms. The van der Waals surface area contributed by atoms with Crippen molar-refractivity contribution in [2.75, 3.05) is 11.9 Å². The maximum Gasteiger partial charge on any atom is 0.153 e. The van der Waals surface area contributed by atoms with Crippen LogP contribution in [0.1, 0.15) is 21.5 Å². The minimum atomic E-state index is 0.489. The Labute approximate surface area is 118 Å². The number of anilines is 1. The van der Waals surface area contributed by atoms with Crippen LogP contribution >= 0.6 is 11.6 Å². The van der Waals surface area contributed by atoms with E-state index in [1.54, 1.807) is 6.07 Å². The molecule has 0 saturated carbocycles. The number of carbonyl (C=O) groups is 1. The zero-order chi connectivity index (χ0) is 13.8. The Kier molecular flexibility index (Phi) is 4.23. The molecule has 0 atom stereocenters. The largest absolute Gasteiger partial charge is 0.370 e. The number of hydrogen-bond acceptors (Lipinski definition) is 2. The van der Waals surface area contributed by atoms with Crippen molar-refractivity contribution in [3.05, 3.63) is 64.2 Å². The Morgan fingerprint density at radius 3 is 2.47 bits per heavy atom. The van der Waals surface area contributed by atoms with Crippen LogP contribution in [0.15, 0.2) is 42.5 Å². The van der Waals surface area contributed by atoms with Gasteiger partial charge in [0.25, 0.3) is 0 Å². The SMILES string of the molecule is Cc1ccc(CN(C)c2cccc(Cl)c2C=O)cc1. The van der Waals surface area contributed by atoms with Crippen LogP contribution in [0.25, 0.3) is 0 Å². The zero-order valence-electron chi connectivity index (χ0n) is 11.1. The molecular formula is C16H16ClNO. The van der Waals surface area contributed by atoms with Gasteiger partial charge in [-0.15, -0.1) is 0 Å². The predicted octanol–water partition coefficient (Wildman–Crippen LogP) is 4.10. The highest BCUT2D eigenvalue weighted by molar-refractivity contribution is 6.33. The summed E-state index contributed by atoms with van der Waals surface area (Å²) in [5.74, 6) is 0. The molecule has 0 heterocycles.